The topological polar surface area (TPSA) is 105 Å². The van der Waals surface area contributed by atoms with Crippen LogP contribution >= 0.6 is 0 Å². The average molecular weight is 503 g/mol. The maximum Gasteiger partial charge on any atom is 0.335 e. The number of rotatable bonds is 10. The molecule has 0 aromatic heterocycles. The van der Waals surface area contributed by atoms with Crippen LogP contribution in [-0.4, -0.2) is 44.9 Å². The van der Waals surface area contributed by atoms with Crippen LogP contribution in [0.2, 0.25) is 0 Å². The van der Waals surface area contributed by atoms with Crippen molar-refractivity contribution in [2.24, 2.45) is 5.92 Å². The summed E-state index contributed by atoms with van der Waals surface area (Å²) < 4.78 is 40.6. The van der Waals surface area contributed by atoms with E-state index in [2.05, 4.69) is 5.32 Å². The molecule has 0 fully saturated rings. The molecule has 2 aromatic rings. The van der Waals surface area contributed by atoms with Crippen molar-refractivity contribution in [2.45, 2.75) is 46.0 Å². The molecule has 1 aliphatic heterocycles. The van der Waals surface area contributed by atoms with Crippen LogP contribution < -0.4 is 19.1 Å². The second-order valence-corrected chi connectivity index (χ2v) is 11.3. The fourth-order valence-electron chi connectivity index (χ4n) is 3.90. The SMILES string of the molecule is COc1cc(C(=O)O)ccc1COc1cc(C)c(C)cc1N(CC(C)C)S(=O)(=O)C1CC=CNC1. The number of nitrogens with one attached hydrogen (secondary N) is 1. The first kappa shape index (κ1) is 26.4. The number of ether oxygens (including phenoxy) is 2. The van der Waals surface area contributed by atoms with Gasteiger partial charge < -0.3 is 19.9 Å². The Morgan fingerprint density at radius 2 is 1.89 bits per heavy atom. The number of allylic oxidation sites excluding steroid dienone is 1. The number of benzene rings is 2. The van der Waals surface area contributed by atoms with E-state index in [0.29, 0.717) is 42.3 Å². The molecule has 3 rings (SSSR count). The molecule has 190 valence electrons. The lowest BCUT2D eigenvalue weighted by molar-refractivity contribution is 0.0696. The van der Waals surface area contributed by atoms with Crippen LogP contribution in [0, 0.1) is 19.8 Å². The summed E-state index contributed by atoms with van der Waals surface area (Å²) in [6.45, 7) is 8.62. The number of aryl methyl sites for hydroxylation is 2. The van der Waals surface area contributed by atoms with Crippen molar-refractivity contribution in [1.82, 2.24) is 5.32 Å². The van der Waals surface area contributed by atoms with E-state index >= 15 is 0 Å². The molecule has 0 amide bonds. The number of carbonyl (C=O) groups is 1. The number of sulfonamides is 1. The van der Waals surface area contributed by atoms with Crippen LogP contribution in [0.15, 0.2) is 42.6 Å². The van der Waals surface area contributed by atoms with Gasteiger partial charge >= 0.3 is 5.97 Å². The largest absolute Gasteiger partial charge is 0.496 e. The maximum atomic E-state index is 13.8. The van der Waals surface area contributed by atoms with E-state index in [4.69, 9.17) is 9.47 Å². The predicted molar refractivity (Wildman–Crippen MR) is 137 cm³/mol. The van der Waals surface area contributed by atoms with Gasteiger partial charge in [-0.2, -0.15) is 0 Å². The van der Waals surface area contributed by atoms with Crippen molar-refractivity contribution in [3.63, 3.8) is 0 Å². The minimum Gasteiger partial charge on any atom is -0.496 e. The Hall–Kier alpha value is -3.20. The number of hydrogen-bond acceptors (Lipinski definition) is 6. The number of anilines is 1. The standard InChI is InChI=1S/C26H34N2O6S/c1-17(2)15-28(35(31,32)22-7-6-10-27-14-22)23-11-18(3)19(4)12-25(23)34-16-21-9-8-20(26(29)30)13-24(21)33-5/h6,8-13,17,22,27H,7,14-16H2,1-5H3,(H,29,30). The number of methoxy groups -OCH3 is 1. The van der Waals surface area contributed by atoms with Crippen molar-refractivity contribution in [2.75, 3.05) is 24.5 Å². The number of carboxylic acid groups (broad SMARTS) is 1. The van der Waals surface area contributed by atoms with E-state index in [0.717, 1.165) is 11.1 Å². The first-order valence-corrected chi connectivity index (χ1v) is 13.1. The molecule has 2 N–H and O–H groups in total. The van der Waals surface area contributed by atoms with Crippen molar-refractivity contribution in [3.05, 3.63) is 64.9 Å². The smallest absolute Gasteiger partial charge is 0.335 e. The van der Waals surface area contributed by atoms with E-state index in [1.807, 2.05) is 45.9 Å². The van der Waals surface area contributed by atoms with Crippen molar-refractivity contribution in [1.29, 1.82) is 0 Å². The van der Waals surface area contributed by atoms with Gasteiger partial charge in [0, 0.05) is 18.7 Å². The van der Waals surface area contributed by atoms with Gasteiger partial charge in [-0.1, -0.05) is 26.0 Å². The Kier molecular flexibility index (Phi) is 8.32. The van der Waals surface area contributed by atoms with Crippen LogP contribution in [0.3, 0.4) is 0 Å². The third-order valence-corrected chi connectivity index (χ3v) is 8.16. The first-order valence-electron chi connectivity index (χ1n) is 11.6. The summed E-state index contributed by atoms with van der Waals surface area (Å²) in [6.07, 6.45) is 4.06. The summed E-state index contributed by atoms with van der Waals surface area (Å²) in [5.41, 5.74) is 3.20. The lowest BCUT2D eigenvalue weighted by Gasteiger charge is -2.32. The lowest BCUT2D eigenvalue weighted by atomic mass is 10.1. The molecule has 1 aliphatic rings. The first-order chi connectivity index (χ1) is 16.5. The number of aromatic carboxylic acids is 1. The van der Waals surface area contributed by atoms with E-state index in [1.54, 1.807) is 12.3 Å². The molecule has 35 heavy (non-hydrogen) atoms. The van der Waals surface area contributed by atoms with Gasteiger partial charge in [0.2, 0.25) is 10.0 Å². The second-order valence-electron chi connectivity index (χ2n) is 9.16. The van der Waals surface area contributed by atoms with Gasteiger partial charge in [-0.25, -0.2) is 13.2 Å². The Morgan fingerprint density at radius 1 is 1.17 bits per heavy atom. The third-order valence-electron chi connectivity index (χ3n) is 6.00. The van der Waals surface area contributed by atoms with Gasteiger partial charge in [0.05, 0.1) is 18.4 Å². The predicted octanol–water partition coefficient (Wildman–Crippen LogP) is 4.26. The summed E-state index contributed by atoms with van der Waals surface area (Å²) in [5.74, 6) is -0.119. The van der Waals surface area contributed by atoms with Crippen LogP contribution in [0.25, 0.3) is 0 Å². The van der Waals surface area contributed by atoms with Crippen LogP contribution in [0.4, 0.5) is 5.69 Å². The fraction of sp³-hybridized carbons (Fsp3) is 0.423. The third kappa shape index (κ3) is 6.08. The van der Waals surface area contributed by atoms with Gasteiger partial charge in [-0.05, 0) is 67.8 Å². The number of nitrogens with zero attached hydrogens (tertiary/aromatic N) is 1. The summed E-state index contributed by atoms with van der Waals surface area (Å²) in [5, 5.41) is 11.7. The maximum absolute atomic E-state index is 13.8. The van der Waals surface area contributed by atoms with Crippen molar-refractivity contribution < 1.29 is 27.8 Å². The van der Waals surface area contributed by atoms with Gasteiger partial charge in [-0.15, -0.1) is 0 Å². The molecule has 1 heterocycles. The highest BCUT2D eigenvalue weighted by Crippen LogP contribution is 2.36. The number of carboxylic acids is 1. The average Bonchev–Trinajstić information content (AvgIpc) is 2.83. The van der Waals surface area contributed by atoms with Crippen molar-refractivity contribution in [3.8, 4) is 11.5 Å². The summed E-state index contributed by atoms with van der Waals surface area (Å²) >= 11 is 0. The highest BCUT2D eigenvalue weighted by molar-refractivity contribution is 7.93. The molecule has 1 atom stereocenters. The highest BCUT2D eigenvalue weighted by atomic mass is 32.2. The highest BCUT2D eigenvalue weighted by Gasteiger charge is 2.34. The summed E-state index contributed by atoms with van der Waals surface area (Å²) in [7, 11) is -2.22. The summed E-state index contributed by atoms with van der Waals surface area (Å²) in [6, 6.07) is 8.29. The molecule has 2 aromatic carbocycles. The molecule has 0 aliphatic carbocycles. The van der Waals surface area contributed by atoms with E-state index in [1.165, 1.54) is 23.5 Å². The monoisotopic (exact) mass is 502 g/mol. The zero-order valence-corrected chi connectivity index (χ0v) is 21.7. The van der Waals surface area contributed by atoms with Gasteiger partial charge in [0.1, 0.15) is 23.4 Å². The molecule has 0 radical (unpaired) electrons. The normalized spacial score (nSPS) is 15.5. The van der Waals surface area contributed by atoms with E-state index < -0.39 is 21.2 Å². The molecular formula is C26H34N2O6S. The Labute approximate surface area is 207 Å². The zero-order valence-electron chi connectivity index (χ0n) is 20.9. The Morgan fingerprint density at radius 3 is 2.49 bits per heavy atom. The molecular weight excluding hydrogens is 468 g/mol. The number of hydrogen-bond donors (Lipinski definition) is 2. The molecule has 9 heteroatoms. The van der Waals surface area contributed by atoms with Crippen molar-refractivity contribution >= 4 is 21.7 Å². The Bertz CT molecular complexity index is 1210. The van der Waals surface area contributed by atoms with Crippen LogP contribution in [0.5, 0.6) is 11.5 Å². The summed E-state index contributed by atoms with van der Waals surface area (Å²) in [4.78, 5) is 11.3. The van der Waals surface area contributed by atoms with Gasteiger partial charge in [0.25, 0.3) is 0 Å². The lowest BCUT2D eigenvalue weighted by Crippen LogP contribution is -2.45. The van der Waals surface area contributed by atoms with Gasteiger partial charge in [-0.3, -0.25) is 4.31 Å². The Balaban J connectivity index is 2.01. The molecule has 0 saturated heterocycles. The quantitative estimate of drug-likeness (QED) is 0.500. The van der Waals surface area contributed by atoms with Crippen LogP contribution in [0.1, 0.15) is 47.3 Å². The zero-order chi connectivity index (χ0) is 25.8. The van der Waals surface area contributed by atoms with Crippen LogP contribution in [-0.2, 0) is 16.6 Å². The second kappa shape index (κ2) is 11.0. The molecule has 8 nitrogen and oxygen atoms in total. The fourth-order valence-corrected chi connectivity index (χ4v) is 5.84. The molecule has 0 saturated carbocycles. The molecule has 1 unspecified atom stereocenters. The molecule has 0 bridgehead atoms. The van der Waals surface area contributed by atoms with E-state index in [-0.39, 0.29) is 18.1 Å². The minimum absolute atomic E-state index is 0.0852. The minimum atomic E-state index is -3.69. The molecule has 0 spiro atoms. The van der Waals surface area contributed by atoms with E-state index in [9.17, 15) is 18.3 Å². The van der Waals surface area contributed by atoms with Gasteiger partial charge in [0.15, 0.2) is 0 Å².